The first-order chi connectivity index (χ1) is 4.18. The normalized spacial score (nSPS) is 11.1. The molecule has 5 heteroatoms. The van der Waals surface area contributed by atoms with Crippen molar-refractivity contribution in [2.45, 2.75) is 19.0 Å². The van der Waals surface area contributed by atoms with Crippen LogP contribution in [0, 0.1) is 0 Å². The van der Waals surface area contributed by atoms with Crippen LogP contribution in [-0.4, -0.2) is 16.7 Å². The zero-order valence-corrected chi connectivity index (χ0v) is 6.36. The molecule has 55 valence electrons. The second kappa shape index (κ2) is 7.82. The Hall–Kier alpha value is -0.180. The summed E-state index contributed by atoms with van der Waals surface area (Å²) < 4.78 is 0. The van der Waals surface area contributed by atoms with Gasteiger partial charge in [0.1, 0.15) is 0 Å². The number of carbonyl (C=O) groups is 1. The molecule has 0 saturated carbocycles. The number of carboxylic acids is 1. The van der Waals surface area contributed by atoms with E-state index in [1.54, 1.807) is 0 Å². The Morgan fingerprint density at radius 2 is 2.11 bits per heavy atom. The first-order valence-corrected chi connectivity index (χ1v) is 3.07. The Labute approximate surface area is 56.2 Å². The fraction of sp³-hybridized carbons (Fsp3) is 0.750. The van der Waals surface area contributed by atoms with Gasteiger partial charge >= 0.3 is 5.97 Å². The Bertz CT molecular complexity index is 78.2. The summed E-state index contributed by atoms with van der Waals surface area (Å²) in [7, 11) is 2.25. The molecular formula is C4H11NO3P. The van der Waals surface area contributed by atoms with Crippen LogP contribution in [0.2, 0.25) is 0 Å². The number of rotatable bonds is 2. The van der Waals surface area contributed by atoms with Crippen LogP contribution < -0.4 is 5.90 Å². The fourth-order valence-electron chi connectivity index (χ4n) is 0.175. The van der Waals surface area contributed by atoms with Crippen molar-refractivity contribution in [3.05, 3.63) is 0 Å². The van der Waals surface area contributed by atoms with E-state index >= 15 is 0 Å². The molecule has 0 aliphatic carbocycles. The molecule has 9 heavy (non-hydrogen) atoms. The highest BCUT2D eigenvalue weighted by Gasteiger charge is 2.05. The van der Waals surface area contributed by atoms with Crippen molar-refractivity contribution >= 4 is 15.2 Å². The molecule has 0 fully saturated rings. The Balaban J connectivity index is 0. The molecule has 2 atom stereocenters. The average molecular weight is 152 g/mol. The quantitative estimate of drug-likeness (QED) is 0.432. The van der Waals surface area contributed by atoms with Gasteiger partial charge in [-0.15, -0.1) is 14.4 Å². The van der Waals surface area contributed by atoms with E-state index in [1.807, 2.05) is 6.92 Å². The lowest BCUT2D eigenvalue weighted by atomic mass is 10.3. The summed E-state index contributed by atoms with van der Waals surface area (Å²) in [5, 5.41) is 15.9. The SMILES string of the molecule is CCC(P)C(=O)O.N[O]. The van der Waals surface area contributed by atoms with Crippen LogP contribution in [0.3, 0.4) is 0 Å². The fourth-order valence-corrected chi connectivity index (χ4v) is 0.175. The van der Waals surface area contributed by atoms with Gasteiger partial charge in [0.25, 0.3) is 0 Å². The molecule has 0 rings (SSSR count). The molecule has 3 N–H and O–H groups in total. The summed E-state index contributed by atoms with van der Waals surface area (Å²) >= 11 is 0. The maximum Gasteiger partial charge on any atom is 0.310 e. The van der Waals surface area contributed by atoms with Crippen molar-refractivity contribution < 1.29 is 15.1 Å². The zero-order chi connectivity index (χ0) is 7.86. The summed E-state index contributed by atoms with van der Waals surface area (Å²) in [6.45, 7) is 1.84. The molecule has 0 amide bonds. The number of aliphatic carboxylic acids is 1. The van der Waals surface area contributed by atoms with Crippen molar-refractivity contribution in [3.8, 4) is 0 Å². The van der Waals surface area contributed by atoms with E-state index in [2.05, 4.69) is 15.1 Å². The van der Waals surface area contributed by atoms with Gasteiger partial charge in [0.2, 0.25) is 0 Å². The van der Waals surface area contributed by atoms with Crippen molar-refractivity contribution in [1.29, 1.82) is 0 Å². The number of carboxylic acid groups (broad SMARTS) is 1. The third-order valence-electron chi connectivity index (χ3n) is 0.757. The molecule has 4 nitrogen and oxygen atoms in total. The molecule has 0 spiro atoms. The summed E-state index contributed by atoms with van der Waals surface area (Å²) in [5.41, 5.74) is -0.264. The first kappa shape index (κ1) is 11.6. The molecular weight excluding hydrogens is 141 g/mol. The van der Waals surface area contributed by atoms with Gasteiger partial charge in [-0.2, -0.15) is 5.90 Å². The van der Waals surface area contributed by atoms with Gasteiger partial charge in [-0.1, -0.05) is 6.92 Å². The predicted molar refractivity (Wildman–Crippen MR) is 36.3 cm³/mol. The minimum atomic E-state index is -0.743. The molecule has 0 aromatic heterocycles. The van der Waals surface area contributed by atoms with Crippen LogP contribution in [0.5, 0.6) is 0 Å². The highest BCUT2D eigenvalue weighted by Crippen LogP contribution is 2.02. The summed E-state index contributed by atoms with van der Waals surface area (Å²) in [5.74, 6) is 2.51. The Kier molecular flexibility index (Phi) is 10.1. The van der Waals surface area contributed by atoms with Crippen LogP contribution in [0.4, 0.5) is 0 Å². The third-order valence-corrected chi connectivity index (χ3v) is 1.51. The van der Waals surface area contributed by atoms with E-state index in [0.29, 0.717) is 6.42 Å². The summed E-state index contributed by atoms with van der Waals surface area (Å²) in [4.78, 5) is 9.91. The number of hydrogen-bond acceptors (Lipinski definition) is 2. The lowest BCUT2D eigenvalue weighted by molar-refractivity contribution is -0.136. The molecule has 0 aromatic carbocycles. The van der Waals surface area contributed by atoms with Crippen LogP contribution in [-0.2, 0) is 10.0 Å². The van der Waals surface area contributed by atoms with Crippen LogP contribution in [0.25, 0.3) is 0 Å². The molecule has 0 aliphatic heterocycles. The van der Waals surface area contributed by atoms with Gasteiger partial charge in [0.05, 0.1) is 5.66 Å². The molecule has 0 aliphatic rings. The topological polar surface area (TPSA) is 83.2 Å². The lowest BCUT2D eigenvalue weighted by Gasteiger charge is -1.96. The summed E-state index contributed by atoms with van der Waals surface area (Å²) in [6, 6.07) is 0. The lowest BCUT2D eigenvalue weighted by Crippen LogP contribution is -2.09. The van der Waals surface area contributed by atoms with Crippen LogP contribution in [0.1, 0.15) is 13.3 Å². The van der Waals surface area contributed by atoms with Gasteiger partial charge in [-0.05, 0) is 6.42 Å². The zero-order valence-electron chi connectivity index (χ0n) is 5.20. The highest BCUT2D eigenvalue weighted by molar-refractivity contribution is 7.19. The molecule has 0 bridgehead atoms. The van der Waals surface area contributed by atoms with E-state index in [9.17, 15) is 4.79 Å². The predicted octanol–water partition coefficient (Wildman–Crippen LogP) is 0.0153. The van der Waals surface area contributed by atoms with Gasteiger partial charge in [-0.25, -0.2) is 0 Å². The minimum absolute atomic E-state index is 0.264. The van der Waals surface area contributed by atoms with Crippen molar-refractivity contribution in [1.82, 2.24) is 0 Å². The second-order valence-corrected chi connectivity index (χ2v) is 2.16. The maximum absolute atomic E-state index is 9.91. The maximum atomic E-state index is 9.91. The van der Waals surface area contributed by atoms with Gasteiger partial charge in [-0.3, -0.25) is 4.79 Å². The van der Waals surface area contributed by atoms with Gasteiger partial charge in [0.15, 0.2) is 0 Å². The summed E-state index contributed by atoms with van der Waals surface area (Å²) in [6.07, 6.45) is 0.681. The third kappa shape index (κ3) is 7.82. The van der Waals surface area contributed by atoms with Gasteiger partial charge in [0, 0.05) is 0 Å². The Morgan fingerprint density at radius 3 is 2.11 bits per heavy atom. The van der Waals surface area contributed by atoms with E-state index in [-0.39, 0.29) is 5.66 Å². The molecule has 1 radical (unpaired) electrons. The Morgan fingerprint density at radius 1 is 1.78 bits per heavy atom. The van der Waals surface area contributed by atoms with Crippen molar-refractivity contribution in [2.24, 2.45) is 5.90 Å². The monoisotopic (exact) mass is 152 g/mol. The highest BCUT2D eigenvalue weighted by atomic mass is 31.0. The minimum Gasteiger partial charge on any atom is -0.481 e. The largest absolute Gasteiger partial charge is 0.481 e. The number of nitrogens with two attached hydrogens (primary N) is 1. The standard InChI is InChI=1S/C4H9O2P.H2NO/c1-2-3(7)4(5)6;1-2/h3H,2,7H2,1H3,(H,5,6);1H2. The van der Waals surface area contributed by atoms with Crippen molar-refractivity contribution in [3.63, 3.8) is 0 Å². The van der Waals surface area contributed by atoms with E-state index in [0.717, 1.165) is 0 Å². The van der Waals surface area contributed by atoms with E-state index in [4.69, 9.17) is 10.3 Å². The van der Waals surface area contributed by atoms with Crippen LogP contribution in [0.15, 0.2) is 0 Å². The molecule has 0 aromatic rings. The van der Waals surface area contributed by atoms with Crippen molar-refractivity contribution in [2.75, 3.05) is 0 Å². The van der Waals surface area contributed by atoms with Gasteiger partial charge < -0.3 is 5.11 Å². The molecule has 2 unspecified atom stereocenters. The first-order valence-electron chi connectivity index (χ1n) is 2.40. The number of hydrogen-bond donors (Lipinski definition) is 2. The smallest absolute Gasteiger partial charge is 0.310 e. The van der Waals surface area contributed by atoms with E-state index < -0.39 is 5.97 Å². The second-order valence-electron chi connectivity index (χ2n) is 1.35. The average Bonchev–Trinajstić information content (AvgIpc) is 1.91. The molecule has 0 saturated heterocycles. The van der Waals surface area contributed by atoms with E-state index in [1.165, 1.54) is 0 Å². The van der Waals surface area contributed by atoms with Crippen LogP contribution >= 0.6 is 9.24 Å². The molecule has 0 heterocycles.